The number of rotatable bonds is 2. The Bertz CT molecular complexity index is 1240. The van der Waals surface area contributed by atoms with Gasteiger partial charge in [0.25, 0.3) is 0 Å². The maximum Gasteiger partial charge on any atom is 0.416 e. The first-order valence-corrected chi connectivity index (χ1v) is 10.00. The van der Waals surface area contributed by atoms with Gasteiger partial charge in [-0.05, 0) is 24.3 Å². The molecule has 2 aliphatic heterocycles. The predicted molar refractivity (Wildman–Crippen MR) is 111 cm³/mol. The Hall–Kier alpha value is -3.74. The van der Waals surface area contributed by atoms with Crippen molar-refractivity contribution in [3.05, 3.63) is 47.7 Å². The Labute approximate surface area is 181 Å². The molecule has 0 amide bonds. The number of benzene rings is 2. The van der Waals surface area contributed by atoms with E-state index in [0.717, 1.165) is 23.6 Å². The maximum absolute atomic E-state index is 13.6. The summed E-state index contributed by atoms with van der Waals surface area (Å²) in [5.74, 6) is 0.770. The molecule has 1 atom stereocenters. The number of ether oxygens (including phenoxy) is 2. The van der Waals surface area contributed by atoms with Gasteiger partial charge >= 0.3 is 6.18 Å². The van der Waals surface area contributed by atoms with Gasteiger partial charge in [0.1, 0.15) is 29.7 Å². The van der Waals surface area contributed by atoms with Crippen LogP contribution in [0.3, 0.4) is 0 Å². The van der Waals surface area contributed by atoms with E-state index in [1.807, 2.05) is 35.2 Å². The predicted octanol–water partition coefficient (Wildman–Crippen LogP) is 3.62. The van der Waals surface area contributed by atoms with E-state index in [9.17, 15) is 18.4 Å². The molecule has 3 aromatic rings. The lowest BCUT2D eigenvalue weighted by molar-refractivity contribution is -0.137. The molecule has 3 heterocycles. The standard InChI is InChI=1S/C22H18F3N5O2/c1-31-19-9-13(22(23,24)25)8-15-20(19)28-27-16(10-26)21(15)29-6-7-30-14(11-29)12-32-18-5-3-2-4-17(18)30/h2-5,8-9,14H,6-7,11-12H2,1H3/t14-/m0/s1. The first-order chi connectivity index (χ1) is 15.4. The number of hydrogen-bond donors (Lipinski definition) is 0. The first kappa shape index (κ1) is 20.2. The summed E-state index contributed by atoms with van der Waals surface area (Å²) in [6.45, 7) is 2.01. The van der Waals surface area contributed by atoms with E-state index in [4.69, 9.17) is 9.47 Å². The number of hydrogen-bond acceptors (Lipinski definition) is 7. The van der Waals surface area contributed by atoms with Crippen LogP contribution in [0.1, 0.15) is 11.3 Å². The van der Waals surface area contributed by atoms with Gasteiger partial charge in [-0.25, -0.2) is 0 Å². The molecule has 7 nitrogen and oxygen atoms in total. The van der Waals surface area contributed by atoms with Gasteiger partial charge in [-0.15, -0.1) is 10.2 Å². The monoisotopic (exact) mass is 441 g/mol. The summed E-state index contributed by atoms with van der Waals surface area (Å²) in [7, 11) is 1.28. The molecule has 0 radical (unpaired) electrons. The van der Waals surface area contributed by atoms with Crippen molar-refractivity contribution in [3.8, 4) is 17.6 Å². The van der Waals surface area contributed by atoms with Crippen LogP contribution < -0.4 is 19.3 Å². The van der Waals surface area contributed by atoms with Gasteiger partial charge in [0.2, 0.25) is 0 Å². The normalized spacial score (nSPS) is 17.9. The number of fused-ring (bicyclic) bond motifs is 4. The van der Waals surface area contributed by atoms with Crippen LogP contribution in [0.5, 0.6) is 11.5 Å². The molecule has 0 spiro atoms. The quantitative estimate of drug-likeness (QED) is 0.601. The third kappa shape index (κ3) is 3.21. The Morgan fingerprint density at radius 1 is 1.19 bits per heavy atom. The summed E-state index contributed by atoms with van der Waals surface area (Å²) >= 11 is 0. The Morgan fingerprint density at radius 2 is 2.00 bits per heavy atom. The Morgan fingerprint density at radius 3 is 2.75 bits per heavy atom. The summed E-state index contributed by atoms with van der Waals surface area (Å²) < 4.78 is 51.7. The summed E-state index contributed by atoms with van der Waals surface area (Å²) in [5.41, 5.74) is 0.614. The van der Waals surface area contributed by atoms with Crippen LogP contribution >= 0.6 is 0 Å². The van der Waals surface area contributed by atoms with Crippen molar-refractivity contribution in [1.82, 2.24) is 10.2 Å². The summed E-state index contributed by atoms with van der Waals surface area (Å²) in [4.78, 5) is 4.13. The highest BCUT2D eigenvalue weighted by atomic mass is 19.4. The van der Waals surface area contributed by atoms with Gasteiger partial charge in [0.05, 0.1) is 30.1 Å². The molecule has 0 aliphatic carbocycles. The van der Waals surface area contributed by atoms with Crippen LogP contribution in [-0.2, 0) is 6.18 Å². The van der Waals surface area contributed by atoms with E-state index in [1.54, 1.807) is 0 Å². The lowest BCUT2D eigenvalue weighted by Crippen LogP contribution is -2.57. The molecule has 32 heavy (non-hydrogen) atoms. The van der Waals surface area contributed by atoms with E-state index in [2.05, 4.69) is 15.1 Å². The number of nitriles is 1. The number of anilines is 2. The zero-order valence-electron chi connectivity index (χ0n) is 17.1. The SMILES string of the molecule is COc1cc(C(F)(F)F)cc2c(N3CCN4c5ccccc5OC[C@@H]4C3)c(C#N)nnc12. The highest BCUT2D eigenvalue weighted by Gasteiger charge is 2.36. The molecule has 0 N–H and O–H groups in total. The summed E-state index contributed by atoms with van der Waals surface area (Å²) in [6.07, 6.45) is -4.57. The molecule has 10 heteroatoms. The van der Waals surface area contributed by atoms with Crippen molar-refractivity contribution >= 4 is 22.3 Å². The molecular weight excluding hydrogens is 423 g/mol. The fraction of sp³-hybridized carbons (Fsp3) is 0.318. The van der Waals surface area contributed by atoms with Gasteiger partial charge in [0, 0.05) is 25.0 Å². The fourth-order valence-corrected chi connectivity index (χ4v) is 4.40. The molecule has 2 aliphatic rings. The van der Waals surface area contributed by atoms with E-state index in [1.165, 1.54) is 7.11 Å². The minimum Gasteiger partial charge on any atom is -0.494 e. The molecule has 0 saturated carbocycles. The second-order valence-electron chi connectivity index (χ2n) is 7.65. The zero-order valence-corrected chi connectivity index (χ0v) is 17.1. The van der Waals surface area contributed by atoms with Crippen molar-refractivity contribution in [2.45, 2.75) is 12.2 Å². The first-order valence-electron chi connectivity index (χ1n) is 10.00. The van der Waals surface area contributed by atoms with Crippen molar-refractivity contribution < 1.29 is 22.6 Å². The Balaban J connectivity index is 1.61. The van der Waals surface area contributed by atoms with Crippen LogP contribution in [0, 0.1) is 11.3 Å². The van der Waals surface area contributed by atoms with Gasteiger partial charge < -0.3 is 19.3 Å². The van der Waals surface area contributed by atoms with Crippen LogP contribution in [0.15, 0.2) is 36.4 Å². The van der Waals surface area contributed by atoms with Crippen molar-refractivity contribution in [3.63, 3.8) is 0 Å². The molecule has 1 aromatic heterocycles. The van der Waals surface area contributed by atoms with Crippen molar-refractivity contribution in [1.29, 1.82) is 5.26 Å². The second kappa shape index (κ2) is 7.44. The number of piperazine rings is 1. The van der Waals surface area contributed by atoms with E-state index < -0.39 is 11.7 Å². The van der Waals surface area contributed by atoms with Crippen molar-refractivity contribution in [2.24, 2.45) is 0 Å². The third-order valence-electron chi connectivity index (χ3n) is 5.86. The largest absolute Gasteiger partial charge is 0.494 e. The number of halogens is 3. The zero-order chi connectivity index (χ0) is 22.5. The number of nitrogens with zero attached hydrogens (tertiary/aromatic N) is 5. The fourth-order valence-electron chi connectivity index (χ4n) is 4.40. The van der Waals surface area contributed by atoms with E-state index >= 15 is 0 Å². The van der Waals surface area contributed by atoms with Crippen LogP contribution in [-0.4, -0.2) is 49.6 Å². The second-order valence-corrected chi connectivity index (χ2v) is 7.65. The molecule has 1 fully saturated rings. The van der Waals surface area contributed by atoms with Crippen molar-refractivity contribution in [2.75, 3.05) is 43.2 Å². The number of methoxy groups -OCH3 is 1. The summed E-state index contributed by atoms with van der Waals surface area (Å²) in [6, 6.07) is 11.6. The van der Waals surface area contributed by atoms with E-state index in [-0.39, 0.29) is 28.4 Å². The van der Waals surface area contributed by atoms with Gasteiger partial charge in [0.15, 0.2) is 5.69 Å². The Kier molecular flexibility index (Phi) is 4.69. The highest BCUT2D eigenvalue weighted by Crippen LogP contribution is 2.41. The molecule has 5 rings (SSSR count). The van der Waals surface area contributed by atoms with E-state index in [0.29, 0.717) is 31.9 Å². The van der Waals surface area contributed by atoms with Gasteiger partial charge in [-0.2, -0.15) is 18.4 Å². The van der Waals surface area contributed by atoms with Crippen LogP contribution in [0.4, 0.5) is 24.5 Å². The van der Waals surface area contributed by atoms with Crippen LogP contribution in [0.25, 0.3) is 10.9 Å². The average Bonchev–Trinajstić information content (AvgIpc) is 2.81. The number of para-hydroxylation sites is 2. The minimum atomic E-state index is -4.57. The minimum absolute atomic E-state index is 0.0237. The molecule has 1 saturated heterocycles. The number of alkyl halides is 3. The van der Waals surface area contributed by atoms with Gasteiger partial charge in [-0.3, -0.25) is 0 Å². The number of aromatic nitrogens is 2. The lowest BCUT2D eigenvalue weighted by Gasteiger charge is -2.46. The molecule has 0 unspecified atom stereocenters. The molecule has 0 bridgehead atoms. The smallest absolute Gasteiger partial charge is 0.416 e. The lowest BCUT2D eigenvalue weighted by atomic mass is 10.0. The third-order valence-corrected chi connectivity index (χ3v) is 5.86. The van der Waals surface area contributed by atoms with Gasteiger partial charge in [-0.1, -0.05) is 12.1 Å². The topological polar surface area (TPSA) is 74.5 Å². The highest BCUT2D eigenvalue weighted by molar-refractivity contribution is 5.97. The summed E-state index contributed by atoms with van der Waals surface area (Å²) in [5, 5.41) is 17.8. The molecular formula is C22H18F3N5O2. The average molecular weight is 441 g/mol. The van der Waals surface area contributed by atoms with Crippen LogP contribution in [0.2, 0.25) is 0 Å². The molecule has 2 aromatic carbocycles. The molecule has 164 valence electrons. The maximum atomic E-state index is 13.6.